The van der Waals surface area contributed by atoms with Crippen molar-refractivity contribution in [1.82, 2.24) is 46.1 Å². The molecule has 0 radical (unpaired) electrons. The molecule has 3 aromatic rings. The molecule has 2 aliphatic rings. The Morgan fingerprint density at radius 3 is 2.28 bits per heavy atom. The van der Waals surface area contributed by atoms with E-state index in [9.17, 15) is 48.9 Å². The third-order valence-corrected chi connectivity index (χ3v) is 15.2. The van der Waals surface area contributed by atoms with Gasteiger partial charge < -0.3 is 61.7 Å². The van der Waals surface area contributed by atoms with E-state index in [1.807, 2.05) is 13.8 Å². The minimum atomic E-state index is -1.61. The summed E-state index contributed by atoms with van der Waals surface area (Å²) in [7, 11) is 0. The molecule has 0 bridgehead atoms. The van der Waals surface area contributed by atoms with E-state index in [2.05, 4.69) is 88.3 Å². The third-order valence-electron chi connectivity index (χ3n) is 13.4. The number of carbonyl (C=O) groups excluding carboxylic acids is 7. The number of imidazole rings is 1. The highest BCUT2D eigenvalue weighted by Gasteiger charge is 2.49. The Morgan fingerprint density at radius 2 is 1.65 bits per heavy atom. The minimum Gasteiger partial charge on any atom is -0.445 e. The largest absolute Gasteiger partial charge is 0.445 e. The van der Waals surface area contributed by atoms with Gasteiger partial charge in [0.2, 0.25) is 35.4 Å². The van der Waals surface area contributed by atoms with Crippen LogP contribution in [-0.4, -0.2) is 147 Å². The predicted molar refractivity (Wildman–Crippen MR) is 281 cm³/mol. The van der Waals surface area contributed by atoms with Crippen molar-refractivity contribution in [3.05, 3.63) is 42.0 Å². The summed E-state index contributed by atoms with van der Waals surface area (Å²) in [5.74, 6) is -2.62. The second-order valence-electron chi connectivity index (χ2n) is 19.3. The number of aliphatic hydroxyl groups excluding tert-OH is 3. The first-order valence-electron chi connectivity index (χ1n) is 25.6. The molecule has 2 unspecified atom stereocenters. The van der Waals surface area contributed by atoms with Gasteiger partial charge in [-0.25, -0.2) is 19.7 Å². The standard InChI is InChI=1S/C50H74IN11O12/c1-8-12-13-30(11-4)42-59-39-43(60-42)53-26-54-44(39)61-47-41(68)40(67)38(33(24-63)74-47)58-35(65)23-52-49(72)73-25-29-14-16-31(17-15-29)56-45(69)28(7)55-46(70)37(27(5)6)57-34(64)18-21-62-36(66)22-32(48(62)71)50(51,19-9-2)20-10-3/h14-17,26-28,30,32-33,37-38,40-41,47,63,67-68H,8-13,18-25H2,1-7H3,(H,52,72)(H,55,70)(H,56,69)(H,57,64)(H,58,65)(H2,53,54,59,60,61)/t28-,30?,32?,33-,37-,38-,40+,41-,47+/m0/s1. The minimum absolute atomic E-state index is 0.0966. The van der Waals surface area contributed by atoms with Crippen LogP contribution in [0.2, 0.25) is 0 Å². The van der Waals surface area contributed by atoms with E-state index in [0.29, 0.717) is 22.4 Å². The fraction of sp³-hybridized carbons (Fsp3) is 0.640. The molecule has 74 heavy (non-hydrogen) atoms. The van der Waals surface area contributed by atoms with Crippen molar-refractivity contribution in [2.75, 3.05) is 30.3 Å². The average molecular weight is 1150 g/mol. The van der Waals surface area contributed by atoms with Gasteiger partial charge in [-0.3, -0.25) is 33.7 Å². The fourth-order valence-electron chi connectivity index (χ4n) is 9.20. The van der Waals surface area contributed by atoms with E-state index < -0.39 is 91.5 Å². The highest BCUT2D eigenvalue weighted by Crippen LogP contribution is 2.43. The normalized spacial score (nSPS) is 21.2. The molecule has 24 heteroatoms. The average Bonchev–Trinajstić information content (AvgIpc) is 3.94. The number of imide groups is 1. The number of nitrogens with zero attached hydrogens (tertiary/aromatic N) is 4. The zero-order valence-corrected chi connectivity index (χ0v) is 45.4. The highest BCUT2D eigenvalue weighted by molar-refractivity contribution is 14.1. The van der Waals surface area contributed by atoms with Crippen LogP contribution in [0.5, 0.6) is 0 Å². The summed E-state index contributed by atoms with van der Waals surface area (Å²) in [6, 6.07) is 3.00. The number of rotatable bonds is 27. The van der Waals surface area contributed by atoms with Gasteiger partial charge in [0.25, 0.3) is 0 Å². The maximum Gasteiger partial charge on any atom is 0.407 e. The number of hydrogen-bond acceptors (Lipinski definition) is 16. The van der Waals surface area contributed by atoms with E-state index in [0.717, 1.165) is 62.1 Å². The molecule has 1 aromatic carbocycles. The first kappa shape index (κ1) is 59.3. The van der Waals surface area contributed by atoms with Crippen LogP contribution >= 0.6 is 22.6 Å². The Morgan fingerprint density at radius 1 is 0.946 bits per heavy atom. The van der Waals surface area contributed by atoms with Crippen LogP contribution in [0.4, 0.5) is 16.3 Å². The summed E-state index contributed by atoms with van der Waals surface area (Å²) in [5.41, 5.74) is 1.79. The van der Waals surface area contributed by atoms with Gasteiger partial charge in [-0.15, -0.1) is 0 Å². The molecule has 0 saturated carbocycles. The number of hydrogen-bond donors (Lipinski definition) is 10. The molecule has 0 spiro atoms. The number of nitrogens with one attached hydrogen (secondary N) is 7. The van der Waals surface area contributed by atoms with Crippen molar-refractivity contribution >= 4 is 86.8 Å². The molecule has 10 N–H and O–H groups in total. The van der Waals surface area contributed by atoms with Gasteiger partial charge in [0.1, 0.15) is 61.2 Å². The van der Waals surface area contributed by atoms with Gasteiger partial charge in [0, 0.05) is 34.4 Å². The van der Waals surface area contributed by atoms with E-state index in [1.54, 1.807) is 38.1 Å². The van der Waals surface area contributed by atoms with Gasteiger partial charge in [-0.1, -0.05) is 102 Å². The summed E-state index contributed by atoms with van der Waals surface area (Å²) >= 11 is 2.33. The van der Waals surface area contributed by atoms with Crippen molar-refractivity contribution in [2.45, 2.75) is 171 Å². The maximum absolute atomic E-state index is 13.4. The van der Waals surface area contributed by atoms with Crippen molar-refractivity contribution in [1.29, 1.82) is 0 Å². The third kappa shape index (κ3) is 15.5. The molecule has 4 heterocycles. The van der Waals surface area contributed by atoms with Gasteiger partial charge in [0.15, 0.2) is 17.7 Å². The topological polar surface area (TPSA) is 329 Å². The second kappa shape index (κ2) is 27.8. The number of halogens is 1. The number of aliphatic hydroxyl groups is 3. The highest BCUT2D eigenvalue weighted by atomic mass is 127. The fourth-order valence-corrected chi connectivity index (χ4v) is 10.8. The van der Waals surface area contributed by atoms with Crippen LogP contribution in [0, 0.1) is 11.8 Å². The number of amides is 7. The monoisotopic (exact) mass is 1150 g/mol. The number of alkyl halides is 1. The lowest BCUT2D eigenvalue weighted by Crippen LogP contribution is -2.66. The number of carbonyl (C=O) groups is 7. The summed E-state index contributed by atoms with van der Waals surface area (Å²) in [5, 5.41) is 48.1. The summed E-state index contributed by atoms with van der Waals surface area (Å²) < 4.78 is 10.8. The van der Waals surface area contributed by atoms with Crippen molar-refractivity contribution in [3.8, 4) is 0 Å². The zero-order chi connectivity index (χ0) is 54.3. The quantitative estimate of drug-likeness (QED) is 0.0297. The lowest BCUT2D eigenvalue weighted by molar-refractivity contribution is -0.185. The number of unbranched alkanes of at least 4 members (excludes halogenated alkanes) is 1. The van der Waals surface area contributed by atoms with E-state index in [1.165, 1.54) is 13.3 Å². The Kier molecular flexibility index (Phi) is 22.3. The number of likely N-dealkylation sites (tertiary alicyclic amines) is 1. The SMILES string of the molecule is CCCCC(CC)c1nc2ncnc(N[C@@H]3O[C@@H](CO)[C@H](NC(=O)CNC(=O)OCc4ccc(NC(=O)[C@H](C)NC(=O)[C@@H](NC(=O)CCN5C(=O)CC(C(I)(CCC)CCC)C5=O)C(C)C)cc4)[C@@H](O)[C@@H]3O)c2[nH]1. The molecule has 9 atom stereocenters. The summed E-state index contributed by atoms with van der Waals surface area (Å²) in [6.45, 7) is 11.7. The lowest BCUT2D eigenvalue weighted by Gasteiger charge is -2.42. The van der Waals surface area contributed by atoms with Crippen molar-refractivity contribution in [2.24, 2.45) is 11.8 Å². The molecule has 0 aliphatic carbocycles. The Labute approximate surface area is 444 Å². The molecule has 2 fully saturated rings. The lowest BCUT2D eigenvalue weighted by atomic mass is 9.84. The number of ether oxygens (including phenoxy) is 2. The predicted octanol–water partition coefficient (Wildman–Crippen LogP) is 3.42. The Bertz CT molecular complexity index is 2400. The van der Waals surface area contributed by atoms with Crippen LogP contribution in [0.1, 0.15) is 130 Å². The number of benzene rings is 1. The van der Waals surface area contributed by atoms with Gasteiger partial charge in [-0.05, 0) is 56.2 Å². The second-order valence-corrected chi connectivity index (χ2v) is 21.5. The van der Waals surface area contributed by atoms with Gasteiger partial charge in [-0.2, -0.15) is 0 Å². The smallest absolute Gasteiger partial charge is 0.407 e. The van der Waals surface area contributed by atoms with E-state index in [-0.39, 0.29) is 58.9 Å². The molecule has 23 nitrogen and oxygen atoms in total. The van der Waals surface area contributed by atoms with Crippen LogP contribution in [0.25, 0.3) is 11.2 Å². The van der Waals surface area contributed by atoms with Gasteiger partial charge >= 0.3 is 6.09 Å². The van der Waals surface area contributed by atoms with Crippen molar-refractivity contribution < 1.29 is 58.4 Å². The van der Waals surface area contributed by atoms with E-state index >= 15 is 0 Å². The summed E-state index contributed by atoms with van der Waals surface area (Å²) in [6.07, 6.45) is 1.91. The zero-order valence-electron chi connectivity index (χ0n) is 43.2. The van der Waals surface area contributed by atoms with Gasteiger partial charge in [0.05, 0.1) is 18.6 Å². The maximum atomic E-state index is 13.4. The first-order chi connectivity index (χ1) is 35.3. The molecular formula is C50H74IN11O12. The molecule has 7 amide bonds. The van der Waals surface area contributed by atoms with Crippen LogP contribution in [-0.2, 0) is 44.8 Å². The van der Waals surface area contributed by atoms with E-state index in [4.69, 9.17) is 9.47 Å². The van der Waals surface area contributed by atoms with Crippen LogP contribution in [0.15, 0.2) is 30.6 Å². The van der Waals surface area contributed by atoms with Crippen LogP contribution in [0.3, 0.4) is 0 Å². The number of aromatic nitrogens is 4. The van der Waals surface area contributed by atoms with Crippen LogP contribution < -0.4 is 31.9 Å². The molecular weight excluding hydrogens is 1070 g/mol. The molecule has 2 aliphatic heterocycles. The molecule has 2 aromatic heterocycles. The molecule has 2 saturated heterocycles. The Hall–Kier alpha value is -5.57. The number of aromatic amines is 1. The Balaban J connectivity index is 1.03. The summed E-state index contributed by atoms with van der Waals surface area (Å²) in [4.78, 5) is 109. The number of alkyl carbamates (subject to hydrolysis) is 1. The molecule has 5 rings (SSSR count). The number of anilines is 2. The number of H-pyrrole nitrogens is 1. The molecule has 408 valence electrons. The number of fused-ring (bicyclic) bond motifs is 1. The van der Waals surface area contributed by atoms with Crippen molar-refractivity contribution in [3.63, 3.8) is 0 Å². The first-order valence-corrected chi connectivity index (χ1v) is 26.7.